The lowest BCUT2D eigenvalue weighted by Gasteiger charge is -1.97. The molecular weight excluding hydrogens is 134 g/mol. The van der Waals surface area contributed by atoms with E-state index in [9.17, 15) is 0 Å². The van der Waals surface area contributed by atoms with Crippen molar-refractivity contribution in [1.29, 1.82) is 0 Å². The van der Waals surface area contributed by atoms with Gasteiger partial charge in [-0.3, -0.25) is 4.98 Å². The highest BCUT2D eigenvalue weighted by Gasteiger charge is 1.93. The number of pyridine rings is 1. The average Bonchev–Trinajstić information content (AvgIpc) is 2.06. The van der Waals surface area contributed by atoms with Crippen LogP contribution in [0.4, 0.5) is 0 Å². The summed E-state index contributed by atoms with van der Waals surface area (Å²) >= 11 is 0. The average molecular weight is 142 g/mol. The van der Waals surface area contributed by atoms with Crippen molar-refractivity contribution in [1.82, 2.24) is 4.98 Å². The zero-order valence-corrected chi connectivity index (χ0v) is 6.33. The van der Waals surface area contributed by atoms with Gasteiger partial charge in [0, 0.05) is 17.6 Å². The molecule has 1 aromatic carbocycles. The second-order valence-corrected chi connectivity index (χ2v) is 2.56. The molecule has 1 aromatic heterocycles. The van der Waals surface area contributed by atoms with Crippen LogP contribution in [-0.4, -0.2) is 4.98 Å². The third-order valence-corrected chi connectivity index (χ3v) is 1.79. The number of hydrogen-bond acceptors (Lipinski definition) is 1. The van der Waals surface area contributed by atoms with Crippen LogP contribution in [0.3, 0.4) is 0 Å². The van der Waals surface area contributed by atoms with Gasteiger partial charge in [-0.15, -0.1) is 0 Å². The Bertz CT molecular complexity index is 374. The van der Waals surface area contributed by atoms with Gasteiger partial charge in [-0.05, 0) is 18.6 Å². The van der Waals surface area contributed by atoms with Crippen LogP contribution in [0.25, 0.3) is 10.9 Å². The summed E-state index contributed by atoms with van der Waals surface area (Å²) in [6.45, 7) is 2.08. The lowest BCUT2D eigenvalue weighted by atomic mass is 10.1. The summed E-state index contributed by atoms with van der Waals surface area (Å²) < 4.78 is 0. The van der Waals surface area contributed by atoms with E-state index in [-0.39, 0.29) is 0 Å². The molecule has 0 atom stereocenters. The van der Waals surface area contributed by atoms with Crippen LogP contribution in [0.15, 0.2) is 30.5 Å². The van der Waals surface area contributed by atoms with E-state index in [0.29, 0.717) is 0 Å². The van der Waals surface area contributed by atoms with Crippen molar-refractivity contribution in [2.45, 2.75) is 6.92 Å². The third kappa shape index (κ3) is 0.984. The molecule has 0 aliphatic rings. The van der Waals surface area contributed by atoms with Gasteiger partial charge >= 0.3 is 0 Å². The van der Waals surface area contributed by atoms with E-state index in [1.54, 1.807) is 6.20 Å². The molecule has 0 saturated carbocycles. The Balaban J connectivity index is 2.91. The Morgan fingerprint density at radius 2 is 2.27 bits per heavy atom. The molecule has 1 heterocycles. The van der Waals surface area contributed by atoms with Gasteiger partial charge in [0.15, 0.2) is 0 Å². The van der Waals surface area contributed by atoms with E-state index >= 15 is 0 Å². The van der Waals surface area contributed by atoms with Gasteiger partial charge in [0.2, 0.25) is 0 Å². The van der Waals surface area contributed by atoms with Crippen LogP contribution in [-0.2, 0) is 0 Å². The predicted molar refractivity (Wildman–Crippen MR) is 45.3 cm³/mol. The Kier molecular flexibility index (Phi) is 1.35. The lowest BCUT2D eigenvalue weighted by Crippen LogP contribution is -1.79. The van der Waals surface area contributed by atoms with Crippen molar-refractivity contribution in [2.24, 2.45) is 0 Å². The first-order valence-electron chi connectivity index (χ1n) is 3.60. The van der Waals surface area contributed by atoms with Gasteiger partial charge in [-0.2, -0.15) is 0 Å². The molecule has 0 aliphatic carbocycles. The molecule has 0 amide bonds. The fourth-order valence-electron chi connectivity index (χ4n) is 1.17. The van der Waals surface area contributed by atoms with Gasteiger partial charge in [0.25, 0.3) is 0 Å². The number of benzene rings is 1. The summed E-state index contributed by atoms with van der Waals surface area (Å²) in [5.41, 5.74) is 2.21. The first-order chi connectivity index (χ1) is 5.38. The molecule has 53 valence electrons. The number of rotatable bonds is 0. The maximum absolute atomic E-state index is 4.19. The monoisotopic (exact) mass is 142 g/mol. The van der Waals surface area contributed by atoms with Crippen molar-refractivity contribution in [3.05, 3.63) is 42.1 Å². The molecule has 11 heavy (non-hydrogen) atoms. The molecule has 1 heteroatoms. The highest BCUT2D eigenvalue weighted by Crippen LogP contribution is 2.13. The fraction of sp³-hybridized carbons (Fsp3) is 0.100. The van der Waals surface area contributed by atoms with E-state index in [2.05, 4.69) is 24.0 Å². The molecule has 0 bridgehead atoms. The Morgan fingerprint density at radius 3 is 3.09 bits per heavy atom. The number of nitrogens with zero attached hydrogens (tertiary/aromatic N) is 1. The molecule has 0 spiro atoms. The van der Waals surface area contributed by atoms with Crippen LogP contribution in [0.5, 0.6) is 0 Å². The predicted octanol–water partition coefficient (Wildman–Crippen LogP) is 2.34. The van der Waals surface area contributed by atoms with E-state index in [1.165, 1.54) is 10.9 Å². The van der Waals surface area contributed by atoms with Crippen LogP contribution >= 0.6 is 0 Å². The molecule has 0 N–H and O–H groups in total. The highest BCUT2D eigenvalue weighted by molar-refractivity contribution is 5.80. The Labute approximate surface area is 65.7 Å². The van der Waals surface area contributed by atoms with Gasteiger partial charge in [-0.1, -0.05) is 18.2 Å². The summed E-state index contributed by atoms with van der Waals surface area (Å²) in [5, 5.41) is 1.19. The molecule has 1 radical (unpaired) electrons. The smallest absolute Gasteiger partial charge is 0.0783 e. The SMILES string of the molecule is Cc1cc[c]c2ncccc12. The molecule has 0 unspecified atom stereocenters. The summed E-state index contributed by atoms with van der Waals surface area (Å²) in [5.74, 6) is 0. The molecular formula is C10H8N. The topological polar surface area (TPSA) is 12.9 Å². The van der Waals surface area contributed by atoms with E-state index < -0.39 is 0 Å². The number of fused-ring (bicyclic) bond motifs is 1. The summed E-state index contributed by atoms with van der Waals surface area (Å²) in [6.07, 6.45) is 1.79. The zero-order valence-electron chi connectivity index (χ0n) is 6.33. The van der Waals surface area contributed by atoms with Crippen molar-refractivity contribution < 1.29 is 0 Å². The van der Waals surface area contributed by atoms with Gasteiger partial charge in [-0.25, -0.2) is 0 Å². The van der Waals surface area contributed by atoms with Gasteiger partial charge < -0.3 is 0 Å². The minimum atomic E-state index is 0.951. The standard InChI is InChI=1S/C10H8N/c1-8-4-2-6-10-9(8)5-3-7-11-10/h2-5,7H,1H3. The third-order valence-electron chi connectivity index (χ3n) is 1.79. The quantitative estimate of drug-likeness (QED) is 0.550. The van der Waals surface area contributed by atoms with Gasteiger partial charge in [0.05, 0.1) is 5.52 Å². The van der Waals surface area contributed by atoms with E-state index in [0.717, 1.165) is 5.52 Å². The second kappa shape index (κ2) is 2.35. The largest absolute Gasteiger partial charge is 0.256 e. The normalized spacial score (nSPS) is 10.3. The zero-order chi connectivity index (χ0) is 7.68. The molecule has 2 aromatic rings. The number of aromatic nitrogens is 1. The minimum absolute atomic E-state index is 0.951. The van der Waals surface area contributed by atoms with E-state index in [1.807, 2.05) is 18.2 Å². The summed E-state index contributed by atoms with van der Waals surface area (Å²) in [4.78, 5) is 4.19. The van der Waals surface area contributed by atoms with Crippen LogP contribution < -0.4 is 0 Å². The Morgan fingerprint density at radius 1 is 1.36 bits per heavy atom. The molecule has 0 saturated heterocycles. The lowest BCUT2D eigenvalue weighted by molar-refractivity contribution is 1.39. The maximum Gasteiger partial charge on any atom is 0.0783 e. The summed E-state index contributed by atoms with van der Waals surface area (Å²) in [7, 11) is 0. The maximum atomic E-state index is 4.19. The number of hydrogen-bond donors (Lipinski definition) is 0. The molecule has 1 nitrogen and oxygen atoms in total. The first-order valence-corrected chi connectivity index (χ1v) is 3.60. The first kappa shape index (κ1) is 6.35. The highest BCUT2D eigenvalue weighted by atomic mass is 14.6. The van der Waals surface area contributed by atoms with Crippen LogP contribution in [0.1, 0.15) is 5.56 Å². The molecule has 0 fully saturated rings. The van der Waals surface area contributed by atoms with Crippen molar-refractivity contribution in [3.63, 3.8) is 0 Å². The molecule has 2 rings (SSSR count). The molecule has 0 aliphatic heterocycles. The van der Waals surface area contributed by atoms with Crippen LogP contribution in [0.2, 0.25) is 0 Å². The van der Waals surface area contributed by atoms with E-state index in [4.69, 9.17) is 0 Å². The summed E-state index contributed by atoms with van der Waals surface area (Å²) in [6, 6.07) is 11.0. The Hall–Kier alpha value is -1.37. The second-order valence-electron chi connectivity index (χ2n) is 2.56. The van der Waals surface area contributed by atoms with Crippen molar-refractivity contribution >= 4 is 10.9 Å². The minimum Gasteiger partial charge on any atom is -0.256 e. The van der Waals surface area contributed by atoms with Crippen LogP contribution in [0, 0.1) is 13.0 Å². The van der Waals surface area contributed by atoms with Crippen molar-refractivity contribution in [2.75, 3.05) is 0 Å². The fourth-order valence-corrected chi connectivity index (χ4v) is 1.17. The van der Waals surface area contributed by atoms with Gasteiger partial charge in [0.1, 0.15) is 0 Å². The number of aryl methyl sites for hydroxylation is 1. The van der Waals surface area contributed by atoms with Crippen molar-refractivity contribution in [3.8, 4) is 0 Å².